The second-order valence-corrected chi connectivity index (χ2v) is 4.63. The Hall–Kier alpha value is -2.02. The molecule has 0 saturated heterocycles. The average Bonchev–Trinajstić information content (AvgIpc) is 2.77. The van der Waals surface area contributed by atoms with Gasteiger partial charge in [-0.1, -0.05) is 0 Å². The zero-order chi connectivity index (χ0) is 14.0. The summed E-state index contributed by atoms with van der Waals surface area (Å²) in [6.45, 7) is 0. The summed E-state index contributed by atoms with van der Waals surface area (Å²) < 4.78 is 39.7. The molecule has 0 fully saturated rings. The minimum Gasteiger partial charge on any atom is -0.477 e. The molecule has 0 spiro atoms. The molecule has 0 aliphatic heterocycles. The Kier molecular flexibility index (Phi) is 3.48. The van der Waals surface area contributed by atoms with E-state index in [1.54, 1.807) is 6.07 Å². The van der Waals surface area contributed by atoms with Crippen molar-refractivity contribution in [2.24, 2.45) is 0 Å². The lowest BCUT2D eigenvalue weighted by molar-refractivity contribution is -0.274. The van der Waals surface area contributed by atoms with E-state index in [0.717, 1.165) is 11.3 Å². The van der Waals surface area contributed by atoms with Crippen molar-refractivity contribution in [1.82, 2.24) is 0 Å². The first-order valence-corrected chi connectivity index (χ1v) is 5.86. The fourth-order valence-corrected chi connectivity index (χ4v) is 2.28. The smallest absolute Gasteiger partial charge is 0.477 e. The van der Waals surface area contributed by atoms with Gasteiger partial charge in [-0.25, -0.2) is 4.79 Å². The van der Waals surface area contributed by atoms with Crippen LogP contribution in [0.3, 0.4) is 0 Å². The van der Waals surface area contributed by atoms with Gasteiger partial charge in [-0.15, -0.1) is 24.5 Å². The lowest BCUT2D eigenvalue weighted by Crippen LogP contribution is -2.16. The van der Waals surface area contributed by atoms with E-state index in [2.05, 4.69) is 4.74 Å². The number of hydrogen-bond acceptors (Lipinski definition) is 3. The second-order valence-electron chi connectivity index (χ2n) is 3.54. The first kappa shape index (κ1) is 13.4. The number of carboxylic acid groups (broad SMARTS) is 1. The van der Waals surface area contributed by atoms with E-state index < -0.39 is 12.3 Å². The summed E-state index contributed by atoms with van der Waals surface area (Å²) in [5, 5.41) is 8.78. The molecule has 2 aromatic rings. The summed E-state index contributed by atoms with van der Waals surface area (Å²) in [7, 11) is 0. The highest BCUT2D eigenvalue weighted by Crippen LogP contribution is 2.30. The maximum absolute atomic E-state index is 12.0. The Balaban J connectivity index is 2.20. The van der Waals surface area contributed by atoms with Crippen molar-refractivity contribution in [1.29, 1.82) is 0 Å². The monoisotopic (exact) mass is 288 g/mol. The van der Waals surface area contributed by atoms with Crippen molar-refractivity contribution in [2.45, 2.75) is 6.36 Å². The summed E-state index contributed by atoms with van der Waals surface area (Å²) in [4.78, 5) is 11.6. The summed E-state index contributed by atoms with van der Waals surface area (Å²) >= 11 is 1.05. The van der Waals surface area contributed by atoms with Gasteiger partial charge in [0.1, 0.15) is 10.6 Å². The van der Waals surface area contributed by atoms with Crippen LogP contribution < -0.4 is 4.74 Å². The molecule has 7 heteroatoms. The number of benzene rings is 1. The normalized spacial score (nSPS) is 11.3. The van der Waals surface area contributed by atoms with Crippen molar-refractivity contribution in [3.05, 3.63) is 41.3 Å². The van der Waals surface area contributed by atoms with E-state index in [4.69, 9.17) is 5.11 Å². The van der Waals surface area contributed by atoms with Gasteiger partial charge in [0.25, 0.3) is 0 Å². The van der Waals surface area contributed by atoms with Gasteiger partial charge in [0.05, 0.1) is 0 Å². The molecule has 0 atom stereocenters. The fourth-order valence-electron chi connectivity index (χ4n) is 1.43. The molecule has 0 bridgehead atoms. The van der Waals surface area contributed by atoms with Crippen LogP contribution in [0.5, 0.6) is 5.75 Å². The molecule has 1 N–H and O–H groups in total. The molecule has 0 unspecified atom stereocenters. The highest BCUT2D eigenvalue weighted by molar-refractivity contribution is 7.17. The number of ether oxygens (including phenoxy) is 1. The van der Waals surface area contributed by atoms with Gasteiger partial charge in [0, 0.05) is 4.88 Å². The number of halogens is 3. The summed E-state index contributed by atoms with van der Waals surface area (Å²) in [5.41, 5.74) is 0.632. The standard InChI is InChI=1S/C12H7F3O3S/c13-12(14,15)18-8-3-1-7(2-4-8)9-5-6-10(19-9)11(16)17/h1-6H,(H,16,17). The molecule has 3 nitrogen and oxygen atoms in total. The molecule has 0 saturated carbocycles. The minimum atomic E-state index is -4.72. The second kappa shape index (κ2) is 4.93. The van der Waals surface area contributed by atoms with E-state index in [-0.39, 0.29) is 10.6 Å². The Bertz CT molecular complexity index is 587. The highest BCUT2D eigenvalue weighted by Gasteiger charge is 2.30. The predicted octanol–water partition coefficient (Wildman–Crippen LogP) is 4.01. The molecule has 0 radical (unpaired) electrons. The maximum atomic E-state index is 12.0. The largest absolute Gasteiger partial charge is 0.573 e. The van der Waals surface area contributed by atoms with Gasteiger partial charge in [-0.3, -0.25) is 0 Å². The Morgan fingerprint density at radius 3 is 2.21 bits per heavy atom. The number of rotatable bonds is 3. The zero-order valence-corrected chi connectivity index (χ0v) is 10.1. The number of carbonyl (C=O) groups is 1. The third-order valence-electron chi connectivity index (χ3n) is 2.19. The highest BCUT2D eigenvalue weighted by atomic mass is 32.1. The molecule has 2 rings (SSSR count). The number of hydrogen-bond donors (Lipinski definition) is 1. The lowest BCUT2D eigenvalue weighted by atomic mass is 10.2. The Morgan fingerprint density at radius 2 is 1.74 bits per heavy atom. The predicted molar refractivity (Wildman–Crippen MR) is 63.4 cm³/mol. The molecule has 1 aromatic heterocycles. The summed E-state index contributed by atoms with van der Waals surface area (Å²) in [5.74, 6) is -1.35. The minimum absolute atomic E-state index is 0.172. The third kappa shape index (κ3) is 3.47. The van der Waals surface area contributed by atoms with Crippen LogP contribution in [0.1, 0.15) is 9.67 Å². The fraction of sp³-hybridized carbons (Fsp3) is 0.0833. The molecule has 0 aliphatic carbocycles. The van der Waals surface area contributed by atoms with Gasteiger partial charge in [0.2, 0.25) is 0 Å². The van der Waals surface area contributed by atoms with Crippen LogP contribution >= 0.6 is 11.3 Å². The molecular formula is C12H7F3O3S. The quantitative estimate of drug-likeness (QED) is 0.928. The van der Waals surface area contributed by atoms with Gasteiger partial charge in [0.15, 0.2) is 0 Å². The molecular weight excluding hydrogens is 281 g/mol. The van der Waals surface area contributed by atoms with Crippen LogP contribution in [0.25, 0.3) is 10.4 Å². The van der Waals surface area contributed by atoms with E-state index in [1.165, 1.54) is 30.3 Å². The van der Waals surface area contributed by atoms with Crippen molar-refractivity contribution in [3.8, 4) is 16.2 Å². The molecule has 0 aliphatic rings. The topological polar surface area (TPSA) is 46.5 Å². The first-order valence-electron chi connectivity index (χ1n) is 5.04. The van der Waals surface area contributed by atoms with Gasteiger partial charge < -0.3 is 9.84 Å². The SMILES string of the molecule is O=C(O)c1ccc(-c2ccc(OC(F)(F)F)cc2)s1. The van der Waals surface area contributed by atoms with Crippen LogP contribution in [-0.2, 0) is 0 Å². The molecule has 1 aromatic carbocycles. The van der Waals surface area contributed by atoms with Gasteiger partial charge >= 0.3 is 12.3 Å². The molecule has 0 amide bonds. The zero-order valence-electron chi connectivity index (χ0n) is 9.27. The molecule has 100 valence electrons. The van der Waals surface area contributed by atoms with Crippen LogP contribution in [0, 0.1) is 0 Å². The van der Waals surface area contributed by atoms with Gasteiger partial charge in [-0.05, 0) is 42.0 Å². The number of alkyl halides is 3. The lowest BCUT2D eigenvalue weighted by Gasteiger charge is -2.08. The van der Waals surface area contributed by atoms with Gasteiger partial charge in [-0.2, -0.15) is 0 Å². The number of thiophene rings is 1. The van der Waals surface area contributed by atoms with Crippen LogP contribution in [0.4, 0.5) is 13.2 Å². The van der Waals surface area contributed by atoms with E-state index in [9.17, 15) is 18.0 Å². The molecule has 19 heavy (non-hydrogen) atoms. The van der Waals surface area contributed by atoms with Crippen molar-refractivity contribution in [2.75, 3.05) is 0 Å². The van der Waals surface area contributed by atoms with Crippen molar-refractivity contribution >= 4 is 17.3 Å². The average molecular weight is 288 g/mol. The third-order valence-corrected chi connectivity index (χ3v) is 3.31. The Labute approximate surface area is 109 Å². The van der Waals surface area contributed by atoms with Crippen molar-refractivity contribution < 1.29 is 27.8 Å². The van der Waals surface area contributed by atoms with Crippen LogP contribution in [0.2, 0.25) is 0 Å². The first-order chi connectivity index (χ1) is 8.85. The number of carboxylic acids is 1. The molecule has 1 heterocycles. The van der Waals surface area contributed by atoms with Crippen LogP contribution in [0.15, 0.2) is 36.4 Å². The van der Waals surface area contributed by atoms with Crippen LogP contribution in [-0.4, -0.2) is 17.4 Å². The Morgan fingerprint density at radius 1 is 1.11 bits per heavy atom. The van der Waals surface area contributed by atoms with Crippen molar-refractivity contribution in [3.63, 3.8) is 0 Å². The van der Waals surface area contributed by atoms with E-state index in [1.807, 2.05) is 0 Å². The number of aromatic carboxylic acids is 1. The van der Waals surface area contributed by atoms with E-state index >= 15 is 0 Å². The van der Waals surface area contributed by atoms with E-state index in [0.29, 0.717) is 10.4 Å². The maximum Gasteiger partial charge on any atom is 0.573 e. The summed E-state index contributed by atoms with van der Waals surface area (Å²) in [6, 6.07) is 8.30. The summed E-state index contributed by atoms with van der Waals surface area (Å²) in [6.07, 6.45) is -4.72.